The lowest BCUT2D eigenvalue weighted by Gasteiger charge is -2.32. The quantitative estimate of drug-likeness (QED) is 0.735. The summed E-state index contributed by atoms with van der Waals surface area (Å²) in [6, 6.07) is 8.53. The van der Waals surface area contributed by atoms with Crippen molar-refractivity contribution in [2.24, 2.45) is 0 Å². The Hall–Kier alpha value is -2.91. The Labute approximate surface area is 181 Å². The van der Waals surface area contributed by atoms with Crippen molar-refractivity contribution >= 4 is 24.2 Å². The van der Waals surface area contributed by atoms with Gasteiger partial charge in [0.25, 0.3) is 5.91 Å². The number of hydrogen-bond acceptors (Lipinski definition) is 7. The Kier molecular flexibility index (Phi) is 5.27. The molecule has 1 fully saturated rings. The summed E-state index contributed by atoms with van der Waals surface area (Å²) in [6.45, 7) is 8.00. The van der Waals surface area contributed by atoms with E-state index in [0.717, 1.165) is 5.46 Å². The highest BCUT2D eigenvalue weighted by atomic mass is 16.7. The van der Waals surface area contributed by atoms with Crippen molar-refractivity contribution in [2.75, 3.05) is 26.3 Å². The van der Waals surface area contributed by atoms with Gasteiger partial charge in [-0.1, -0.05) is 6.07 Å². The normalized spacial score (nSPS) is 18.1. The zero-order valence-corrected chi connectivity index (χ0v) is 18.5. The fourth-order valence-corrected chi connectivity index (χ4v) is 3.44. The van der Waals surface area contributed by atoms with Crippen molar-refractivity contribution in [2.45, 2.75) is 38.9 Å². The summed E-state index contributed by atoms with van der Waals surface area (Å²) in [5.41, 5.74) is 0.664. The summed E-state index contributed by atoms with van der Waals surface area (Å²) in [5, 5.41) is 2.88. The van der Waals surface area contributed by atoms with Crippen molar-refractivity contribution in [3.05, 3.63) is 35.9 Å². The molecule has 1 N–H and O–H groups in total. The highest BCUT2D eigenvalue weighted by Crippen LogP contribution is 2.42. The van der Waals surface area contributed by atoms with E-state index >= 15 is 0 Å². The minimum Gasteiger partial charge on any atom is -0.493 e. The molecule has 0 radical (unpaired) electrons. The van der Waals surface area contributed by atoms with E-state index in [1.807, 2.05) is 33.8 Å². The number of benzene rings is 2. The van der Waals surface area contributed by atoms with Crippen LogP contribution in [0.5, 0.6) is 23.0 Å². The molecule has 9 heteroatoms. The number of ether oxygens (including phenoxy) is 4. The van der Waals surface area contributed by atoms with E-state index in [9.17, 15) is 4.79 Å². The van der Waals surface area contributed by atoms with Crippen LogP contribution < -0.4 is 29.7 Å². The Morgan fingerprint density at radius 1 is 0.935 bits per heavy atom. The molecule has 0 atom stereocenters. The summed E-state index contributed by atoms with van der Waals surface area (Å²) in [7, 11) is 2.46. The van der Waals surface area contributed by atoms with E-state index < -0.39 is 18.3 Å². The van der Waals surface area contributed by atoms with Gasteiger partial charge in [-0.05, 0) is 52.0 Å². The van der Waals surface area contributed by atoms with Crippen LogP contribution in [0, 0.1) is 0 Å². The van der Waals surface area contributed by atoms with Gasteiger partial charge in [0.15, 0.2) is 23.0 Å². The minimum absolute atomic E-state index is 0.0467. The molecule has 2 aromatic carbocycles. The number of methoxy groups -OCH3 is 2. The molecule has 2 aromatic rings. The number of carbonyl (C=O) groups excluding carboxylic acids is 1. The lowest BCUT2D eigenvalue weighted by atomic mass is 9.78. The van der Waals surface area contributed by atoms with Crippen LogP contribution in [0.3, 0.4) is 0 Å². The van der Waals surface area contributed by atoms with Crippen LogP contribution in [0.15, 0.2) is 30.3 Å². The number of fused-ring (bicyclic) bond motifs is 1. The molecule has 164 valence electrons. The molecule has 4 rings (SSSR count). The summed E-state index contributed by atoms with van der Waals surface area (Å²) in [5.74, 6) is 1.64. The maximum atomic E-state index is 12.8. The zero-order chi connectivity index (χ0) is 22.4. The van der Waals surface area contributed by atoms with Gasteiger partial charge in [0.1, 0.15) is 0 Å². The van der Waals surface area contributed by atoms with E-state index in [4.69, 9.17) is 28.3 Å². The number of carbonyl (C=O) groups is 1. The van der Waals surface area contributed by atoms with Crippen LogP contribution in [-0.2, 0) is 9.31 Å². The Balaban J connectivity index is 1.60. The fraction of sp³-hybridized carbons (Fsp3) is 0.409. The first-order valence-electron chi connectivity index (χ1n) is 9.98. The predicted molar refractivity (Wildman–Crippen MR) is 116 cm³/mol. The minimum atomic E-state index is -0.601. The lowest BCUT2D eigenvalue weighted by Crippen LogP contribution is -2.41. The maximum Gasteiger partial charge on any atom is 0.498 e. The third-order valence-corrected chi connectivity index (χ3v) is 5.95. The Bertz CT molecular complexity index is 1010. The number of amides is 1. The highest BCUT2D eigenvalue weighted by molar-refractivity contribution is 6.63. The van der Waals surface area contributed by atoms with Crippen LogP contribution in [0.1, 0.15) is 38.1 Å². The number of rotatable bonds is 5. The molecule has 0 aliphatic carbocycles. The number of hydrogen-bond donors (Lipinski definition) is 1. The molecule has 1 amide bonds. The number of nitrogens with one attached hydrogen (secondary N) is 1. The smallest absolute Gasteiger partial charge is 0.493 e. The van der Waals surface area contributed by atoms with Gasteiger partial charge in [-0.25, -0.2) is 0 Å². The standard InChI is InChI=1S/C22H26BNO7/c1-21(2)22(3,4)31-23(30-21)14-8-9-15(19-18(14)28-12-29-19)24-20(25)13-7-10-16(26-5)17(11-13)27-6/h7-11H,12H2,1-6H3,(H,24,25). The van der Waals surface area contributed by atoms with Gasteiger partial charge >= 0.3 is 7.12 Å². The van der Waals surface area contributed by atoms with Crippen LogP contribution in [0.2, 0.25) is 0 Å². The molecule has 2 aliphatic rings. The van der Waals surface area contributed by atoms with Crippen molar-refractivity contribution in [1.82, 2.24) is 0 Å². The largest absolute Gasteiger partial charge is 0.498 e. The van der Waals surface area contributed by atoms with Gasteiger partial charge in [-0.2, -0.15) is 0 Å². The Morgan fingerprint density at radius 2 is 1.58 bits per heavy atom. The molecule has 31 heavy (non-hydrogen) atoms. The van der Waals surface area contributed by atoms with Gasteiger partial charge in [0, 0.05) is 11.0 Å². The van der Waals surface area contributed by atoms with E-state index in [1.54, 1.807) is 31.4 Å². The maximum absolute atomic E-state index is 12.8. The molecule has 0 bridgehead atoms. The molecule has 2 heterocycles. The average Bonchev–Trinajstić information content (AvgIpc) is 3.30. The van der Waals surface area contributed by atoms with Crippen LogP contribution in [0.25, 0.3) is 0 Å². The third-order valence-electron chi connectivity index (χ3n) is 5.95. The van der Waals surface area contributed by atoms with E-state index in [0.29, 0.717) is 34.2 Å². The molecular weight excluding hydrogens is 401 g/mol. The van der Waals surface area contributed by atoms with Crippen molar-refractivity contribution in [3.63, 3.8) is 0 Å². The predicted octanol–water partition coefficient (Wildman–Crippen LogP) is 2.98. The first-order chi connectivity index (χ1) is 14.7. The molecule has 0 saturated carbocycles. The van der Waals surface area contributed by atoms with Gasteiger partial charge in [0.05, 0.1) is 31.1 Å². The molecular formula is C22H26BNO7. The SMILES string of the molecule is COc1ccc(C(=O)Nc2ccc(B3OC(C)(C)C(C)(C)O3)c3c2OCO3)cc1OC. The summed E-state index contributed by atoms with van der Waals surface area (Å²) in [4.78, 5) is 12.8. The zero-order valence-electron chi connectivity index (χ0n) is 18.5. The van der Waals surface area contributed by atoms with Gasteiger partial charge in [0.2, 0.25) is 6.79 Å². The summed E-state index contributed by atoms with van der Waals surface area (Å²) >= 11 is 0. The molecule has 1 saturated heterocycles. The van der Waals surface area contributed by atoms with Crippen LogP contribution >= 0.6 is 0 Å². The van der Waals surface area contributed by atoms with Crippen molar-refractivity contribution in [1.29, 1.82) is 0 Å². The van der Waals surface area contributed by atoms with Crippen molar-refractivity contribution < 1.29 is 33.1 Å². The first-order valence-corrected chi connectivity index (χ1v) is 9.98. The molecule has 0 spiro atoms. The second-order valence-electron chi connectivity index (χ2n) is 8.38. The topological polar surface area (TPSA) is 84.5 Å². The molecule has 0 aromatic heterocycles. The monoisotopic (exact) mass is 427 g/mol. The average molecular weight is 427 g/mol. The summed E-state index contributed by atoms with van der Waals surface area (Å²) < 4.78 is 34.2. The van der Waals surface area contributed by atoms with Gasteiger partial charge in [-0.15, -0.1) is 0 Å². The number of anilines is 1. The lowest BCUT2D eigenvalue weighted by molar-refractivity contribution is 0.00578. The first kappa shape index (κ1) is 21.3. The fourth-order valence-electron chi connectivity index (χ4n) is 3.44. The van der Waals surface area contributed by atoms with E-state index in [-0.39, 0.29) is 12.7 Å². The van der Waals surface area contributed by atoms with Gasteiger partial charge < -0.3 is 33.6 Å². The van der Waals surface area contributed by atoms with Crippen molar-refractivity contribution in [3.8, 4) is 23.0 Å². The molecule has 2 aliphatic heterocycles. The van der Waals surface area contributed by atoms with Crippen LogP contribution in [0.4, 0.5) is 5.69 Å². The molecule has 8 nitrogen and oxygen atoms in total. The molecule has 0 unspecified atom stereocenters. The van der Waals surface area contributed by atoms with Gasteiger partial charge in [-0.3, -0.25) is 4.79 Å². The highest BCUT2D eigenvalue weighted by Gasteiger charge is 2.53. The van der Waals surface area contributed by atoms with E-state index in [1.165, 1.54) is 7.11 Å². The Morgan fingerprint density at radius 3 is 2.23 bits per heavy atom. The van der Waals surface area contributed by atoms with E-state index in [2.05, 4.69) is 5.32 Å². The third kappa shape index (κ3) is 3.68. The van der Waals surface area contributed by atoms with Crippen LogP contribution in [-0.4, -0.2) is 45.2 Å². The summed E-state index contributed by atoms with van der Waals surface area (Å²) in [6.07, 6.45) is 0. The second kappa shape index (κ2) is 7.65. The second-order valence-corrected chi connectivity index (χ2v) is 8.38.